The van der Waals surface area contributed by atoms with Crippen LogP contribution in [0.4, 0.5) is 0 Å². The lowest BCUT2D eigenvalue weighted by Crippen LogP contribution is -2.29. The summed E-state index contributed by atoms with van der Waals surface area (Å²) in [6, 6.07) is 12.2. The minimum atomic E-state index is -0.885. The van der Waals surface area contributed by atoms with E-state index in [0.29, 0.717) is 0 Å². The Kier molecular flexibility index (Phi) is 2.22. The molecule has 2 heterocycles. The van der Waals surface area contributed by atoms with E-state index in [9.17, 15) is 0 Å². The number of hydrogen-bond acceptors (Lipinski definition) is 2. The Balaban J connectivity index is 1.92. The number of alkyl halides is 2. The predicted octanol–water partition coefficient (Wildman–Crippen LogP) is 4.77. The predicted molar refractivity (Wildman–Crippen MR) is 79.3 cm³/mol. The molecule has 2 aromatic rings. The summed E-state index contributed by atoms with van der Waals surface area (Å²) in [7, 11) is 0. The van der Waals surface area contributed by atoms with Crippen molar-refractivity contribution in [1.29, 1.82) is 0 Å². The van der Waals surface area contributed by atoms with Gasteiger partial charge in [0.25, 0.3) is 0 Å². The fraction of sp³-hybridized carbons (Fsp3) is 0.333. The molecule has 1 aliphatic heterocycles. The number of ether oxygens (including phenoxy) is 1. The Morgan fingerprint density at radius 3 is 2.68 bits per heavy atom. The first-order valence-electron chi connectivity index (χ1n) is 6.22. The second-order valence-electron chi connectivity index (χ2n) is 5.45. The maximum absolute atomic E-state index is 6.64. The summed E-state index contributed by atoms with van der Waals surface area (Å²) in [6.45, 7) is 2.11. The summed E-state index contributed by atoms with van der Waals surface area (Å²) in [4.78, 5) is 1.11. The molecule has 98 valence electrons. The Morgan fingerprint density at radius 2 is 1.95 bits per heavy atom. The molecule has 0 amide bonds. The third-order valence-electron chi connectivity index (χ3n) is 4.50. The summed E-state index contributed by atoms with van der Waals surface area (Å²) < 4.78 is 5.42. The number of hydrogen-bond donors (Lipinski definition) is 0. The molecule has 1 saturated carbocycles. The third-order valence-corrected chi connectivity index (χ3v) is 6.83. The first kappa shape index (κ1) is 12.1. The van der Waals surface area contributed by atoms with Crippen molar-refractivity contribution in [3.05, 3.63) is 52.2 Å². The van der Waals surface area contributed by atoms with E-state index in [-0.39, 0.29) is 5.41 Å². The molecule has 1 aromatic carbocycles. The largest absolute Gasteiger partial charge is 0.478 e. The van der Waals surface area contributed by atoms with E-state index in [1.165, 1.54) is 5.56 Å². The van der Waals surface area contributed by atoms with Crippen molar-refractivity contribution in [3.63, 3.8) is 0 Å². The van der Waals surface area contributed by atoms with Gasteiger partial charge >= 0.3 is 0 Å². The lowest BCUT2D eigenvalue weighted by Gasteiger charge is -2.29. The summed E-state index contributed by atoms with van der Waals surface area (Å²) >= 11 is 14.9. The Hall–Kier alpha value is -0.700. The van der Waals surface area contributed by atoms with Crippen LogP contribution in [-0.2, 0) is 12.0 Å². The Bertz CT molecular complexity index is 652. The number of rotatable bonds is 1. The van der Waals surface area contributed by atoms with Crippen LogP contribution in [-0.4, -0.2) is 4.33 Å². The lowest BCUT2D eigenvalue weighted by atomic mass is 9.90. The summed E-state index contributed by atoms with van der Waals surface area (Å²) in [5, 5.41) is 2.04. The fourth-order valence-corrected chi connectivity index (χ4v) is 5.48. The summed E-state index contributed by atoms with van der Waals surface area (Å²) in [5.74, 6) is 0.900. The van der Waals surface area contributed by atoms with E-state index >= 15 is 0 Å². The van der Waals surface area contributed by atoms with Gasteiger partial charge in [0.15, 0.2) is 9.93 Å². The molecule has 0 bridgehead atoms. The van der Waals surface area contributed by atoms with Gasteiger partial charge in [0, 0.05) is 0 Å². The van der Waals surface area contributed by atoms with Gasteiger partial charge in [0.2, 0.25) is 0 Å². The molecule has 4 heteroatoms. The molecule has 0 N–H and O–H groups in total. The van der Waals surface area contributed by atoms with E-state index in [0.717, 1.165) is 17.0 Å². The lowest BCUT2D eigenvalue weighted by molar-refractivity contribution is 0.115. The highest BCUT2D eigenvalue weighted by Gasteiger charge is 2.89. The molecular formula is C15H12Cl2OS. The van der Waals surface area contributed by atoms with Gasteiger partial charge in [-0.05, 0) is 29.5 Å². The van der Waals surface area contributed by atoms with Crippen LogP contribution in [0.3, 0.4) is 0 Å². The quantitative estimate of drug-likeness (QED) is 0.689. The van der Waals surface area contributed by atoms with Crippen molar-refractivity contribution in [2.75, 3.05) is 0 Å². The minimum Gasteiger partial charge on any atom is -0.478 e. The molecule has 1 aliphatic carbocycles. The van der Waals surface area contributed by atoms with Gasteiger partial charge in [0.05, 0.1) is 10.3 Å². The van der Waals surface area contributed by atoms with Crippen molar-refractivity contribution in [3.8, 4) is 5.75 Å². The average Bonchev–Trinajstić information content (AvgIpc) is 2.82. The van der Waals surface area contributed by atoms with E-state index in [4.69, 9.17) is 27.9 Å². The van der Waals surface area contributed by atoms with E-state index < -0.39 is 9.93 Å². The van der Waals surface area contributed by atoms with Gasteiger partial charge < -0.3 is 4.74 Å². The number of fused-ring (bicyclic) bond motifs is 2. The van der Waals surface area contributed by atoms with Crippen LogP contribution in [0.1, 0.15) is 17.4 Å². The van der Waals surface area contributed by atoms with Gasteiger partial charge in [-0.2, -0.15) is 0 Å². The normalized spacial score (nSPS) is 34.1. The molecular weight excluding hydrogens is 299 g/mol. The first-order valence-corrected chi connectivity index (χ1v) is 7.85. The zero-order valence-electron chi connectivity index (χ0n) is 10.3. The van der Waals surface area contributed by atoms with Crippen LogP contribution in [0.5, 0.6) is 5.75 Å². The number of thiophene rings is 1. The minimum absolute atomic E-state index is 0.275. The highest BCUT2D eigenvalue weighted by Crippen LogP contribution is 2.81. The van der Waals surface area contributed by atoms with Gasteiger partial charge in [-0.25, -0.2) is 0 Å². The Morgan fingerprint density at radius 1 is 1.16 bits per heavy atom. The maximum Gasteiger partial charge on any atom is 0.185 e. The average molecular weight is 311 g/mol. The molecule has 2 atom stereocenters. The van der Waals surface area contributed by atoms with Crippen molar-refractivity contribution < 1.29 is 4.74 Å². The highest BCUT2D eigenvalue weighted by molar-refractivity contribution is 7.10. The number of halogens is 2. The summed E-state index contributed by atoms with van der Waals surface area (Å²) in [6.07, 6.45) is 0.841. The molecule has 0 saturated heterocycles. The van der Waals surface area contributed by atoms with E-state index in [1.807, 2.05) is 29.6 Å². The smallest absolute Gasteiger partial charge is 0.185 e. The second-order valence-corrected chi connectivity index (χ2v) is 7.73. The second kappa shape index (κ2) is 3.49. The zero-order chi connectivity index (χ0) is 13.3. The third kappa shape index (κ3) is 1.19. The maximum atomic E-state index is 6.64. The SMILES string of the molecule is C[C@@]12Cc3ccccc3O[C@]1(c1cccs1)C2(Cl)Cl. The molecule has 0 spiro atoms. The molecule has 0 radical (unpaired) electrons. The highest BCUT2D eigenvalue weighted by atomic mass is 35.5. The molecule has 1 aromatic heterocycles. The standard InChI is InChI=1S/C15H12Cl2OS/c1-13-9-10-5-2-3-6-11(10)18-14(13,15(13,16)17)12-7-4-8-19-12/h2-8H,9H2,1H3/t13-,14+/m1/s1. The molecule has 1 nitrogen and oxygen atoms in total. The first-order chi connectivity index (χ1) is 9.03. The monoisotopic (exact) mass is 310 g/mol. The van der Waals surface area contributed by atoms with Crippen molar-refractivity contribution in [2.45, 2.75) is 23.3 Å². The molecule has 4 rings (SSSR count). The van der Waals surface area contributed by atoms with Crippen LogP contribution in [0.2, 0.25) is 0 Å². The van der Waals surface area contributed by atoms with Crippen molar-refractivity contribution >= 4 is 34.5 Å². The van der Waals surface area contributed by atoms with Crippen LogP contribution in [0, 0.1) is 5.41 Å². The van der Waals surface area contributed by atoms with Crippen molar-refractivity contribution in [1.82, 2.24) is 0 Å². The van der Waals surface area contributed by atoms with Gasteiger partial charge in [-0.1, -0.05) is 54.4 Å². The van der Waals surface area contributed by atoms with E-state index in [1.54, 1.807) is 11.3 Å². The van der Waals surface area contributed by atoms with Crippen molar-refractivity contribution in [2.24, 2.45) is 5.41 Å². The molecule has 1 fully saturated rings. The summed E-state index contributed by atoms with van der Waals surface area (Å²) in [5.41, 5.74) is 0.300. The Labute approximate surface area is 126 Å². The van der Waals surface area contributed by atoms with E-state index in [2.05, 4.69) is 19.1 Å². The molecule has 19 heavy (non-hydrogen) atoms. The van der Waals surface area contributed by atoms with Crippen LogP contribution >= 0.6 is 34.5 Å². The van der Waals surface area contributed by atoms with Gasteiger partial charge in [-0.15, -0.1) is 11.3 Å². The number of benzene rings is 1. The molecule has 2 aliphatic rings. The zero-order valence-corrected chi connectivity index (χ0v) is 12.6. The topological polar surface area (TPSA) is 9.23 Å². The fourth-order valence-electron chi connectivity index (χ4n) is 3.31. The van der Waals surface area contributed by atoms with Crippen LogP contribution in [0.25, 0.3) is 0 Å². The van der Waals surface area contributed by atoms with Gasteiger partial charge in [0.1, 0.15) is 5.75 Å². The van der Waals surface area contributed by atoms with Crippen LogP contribution < -0.4 is 4.74 Å². The van der Waals surface area contributed by atoms with Crippen LogP contribution in [0.15, 0.2) is 41.8 Å². The van der Waals surface area contributed by atoms with Gasteiger partial charge in [-0.3, -0.25) is 0 Å². The molecule has 0 unspecified atom stereocenters. The number of para-hydroxylation sites is 1.